The Labute approximate surface area is 155 Å². The highest BCUT2D eigenvalue weighted by molar-refractivity contribution is 14.1. The molecule has 0 fully saturated rings. The van der Waals surface area contributed by atoms with E-state index in [2.05, 4.69) is 61.4 Å². The smallest absolute Gasteiger partial charge is 0.133 e. The Hall–Kier alpha value is -0.110. The second-order valence-electron chi connectivity index (χ2n) is 4.61. The van der Waals surface area contributed by atoms with Crippen LogP contribution in [0.2, 0.25) is 0 Å². The molecule has 1 N–H and O–H groups in total. The maximum Gasteiger partial charge on any atom is 0.133 e. The number of hydrogen-bond acceptors (Lipinski definition) is 2. The van der Waals surface area contributed by atoms with Crippen molar-refractivity contribution in [3.8, 4) is 5.75 Å². The van der Waals surface area contributed by atoms with Crippen LogP contribution in [0, 0.1) is 3.57 Å². The lowest BCUT2D eigenvalue weighted by atomic mass is 10.0. The molecule has 2 nitrogen and oxygen atoms in total. The van der Waals surface area contributed by atoms with Crippen LogP contribution < -0.4 is 4.74 Å². The van der Waals surface area contributed by atoms with Crippen LogP contribution in [0.1, 0.15) is 30.6 Å². The van der Waals surface area contributed by atoms with Gasteiger partial charge in [-0.05, 0) is 80.8 Å². The number of aliphatic hydroxyl groups is 1. The average Bonchev–Trinajstić information content (AvgIpc) is 2.47. The molecule has 112 valence electrons. The van der Waals surface area contributed by atoms with E-state index in [4.69, 9.17) is 4.74 Å². The average molecular weight is 526 g/mol. The van der Waals surface area contributed by atoms with Crippen molar-refractivity contribution in [3.05, 3.63) is 60.0 Å². The highest BCUT2D eigenvalue weighted by Crippen LogP contribution is 2.34. The van der Waals surface area contributed by atoms with E-state index >= 15 is 0 Å². The summed E-state index contributed by atoms with van der Waals surface area (Å²) in [5, 5.41) is 10.6. The molecular weight excluding hydrogens is 511 g/mol. The van der Waals surface area contributed by atoms with Crippen molar-refractivity contribution < 1.29 is 9.84 Å². The third-order valence-corrected chi connectivity index (χ3v) is 5.00. The van der Waals surface area contributed by atoms with Crippen LogP contribution in [0.3, 0.4) is 0 Å². The molecule has 0 aromatic heterocycles. The Morgan fingerprint density at radius 1 is 1.14 bits per heavy atom. The topological polar surface area (TPSA) is 29.5 Å². The summed E-state index contributed by atoms with van der Waals surface area (Å²) in [6, 6.07) is 11.6. The van der Waals surface area contributed by atoms with Crippen molar-refractivity contribution in [1.29, 1.82) is 0 Å². The first kappa shape index (κ1) is 17.2. The fourth-order valence-electron chi connectivity index (χ4n) is 1.92. The fourth-order valence-corrected chi connectivity index (χ4v) is 3.41. The van der Waals surface area contributed by atoms with Crippen molar-refractivity contribution in [3.63, 3.8) is 0 Å². The van der Waals surface area contributed by atoms with Crippen molar-refractivity contribution in [2.24, 2.45) is 0 Å². The minimum atomic E-state index is -0.675. The zero-order valence-corrected chi connectivity index (χ0v) is 16.8. The van der Waals surface area contributed by atoms with Crippen molar-refractivity contribution in [1.82, 2.24) is 0 Å². The lowest BCUT2D eigenvalue weighted by Gasteiger charge is -2.15. The van der Waals surface area contributed by atoms with Gasteiger partial charge in [0.05, 0.1) is 11.1 Å². The van der Waals surface area contributed by atoms with Crippen LogP contribution in [0.4, 0.5) is 0 Å². The van der Waals surface area contributed by atoms with Crippen LogP contribution in [0.15, 0.2) is 45.3 Å². The van der Waals surface area contributed by atoms with Gasteiger partial charge in [0.25, 0.3) is 0 Å². The lowest BCUT2D eigenvalue weighted by Crippen LogP contribution is -2.02. The van der Waals surface area contributed by atoms with Gasteiger partial charge in [-0.15, -0.1) is 0 Å². The van der Waals surface area contributed by atoms with Crippen molar-refractivity contribution in [2.45, 2.75) is 19.4 Å². The highest BCUT2D eigenvalue weighted by Gasteiger charge is 2.15. The van der Waals surface area contributed by atoms with Gasteiger partial charge in [0.2, 0.25) is 0 Å². The molecule has 0 heterocycles. The maximum atomic E-state index is 10.6. The van der Waals surface area contributed by atoms with Crippen LogP contribution >= 0.6 is 54.5 Å². The number of hydrogen-bond donors (Lipinski definition) is 1. The predicted molar refractivity (Wildman–Crippen MR) is 101 cm³/mol. The molecule has 2 rings (SSSR count). The minimum absolute atomic E-state index is 0.675. The van der Waals surface area contributed by atoms with Gasteiger partial charge in [0.1, 0.15) is 11.9 Å². The molecule has 0 amide bonds. The first-order chi connectivity index (χ1) is 10.0. The van der Waals surface area contributed by atoms with Gasteiger partial charge in [-0.2, -0.15) is 0 Å². The Bertz CT molecular complexity index is 632. The molecule has 0 saturated heterocycles. The minimum Gasteiger partial charge on any atom is -0.492 e. The van der Waals surface area contributed by atoms with Gasteiger partial charge >= 0.3 is 0 Å². The van der Waals surface area contributed by atoms with Crippen molar-refractivity contribution >= 4 is 54.5 Å². The monoisotopic (exact) mass is 524 g/mol. The van der Waals surface area contributed by atoms with Gasteiger partial charge in [0, 0.05) is 13.6 Å². The van der Waals surface area contributed by atoms with E-state index in [1.165, 1.54) is 0 Å². The summed E-state index contributed by atoms with van der Waals surface area (Å²) in [5.41, 5.74) is 1.68. The number of aliphatic hydroxyl groups excluding tert-OH is 1. The molecule has 2 aromatic carbocycles. The summed E-state index contributed by atoms with van der Waals surface area (Å²) >= 11 is 9.24. The van der Waals surface area contributed by atoms with Gasteiger partial charge in [-0.3, -0.25) is 0 Å². The summed E-state index contributed by atoms with van der Waals surface area (Å²) in [7, 11) is 0. The standard InChI is InChI=1S/C16H15Br2IO2/c1-2-7-21-15-6-3-10(8-14(15)18)16(20)12-9-11(19)4-5-13(12)17/h3-6,8-9,16,20H,2,7H2,1H3. The van der Waals surface area contributed by atoms with Gasteiger partial charge in [0.15, 0.2) is 0 Å². The molecule has 0 aliphatic heterocycles. The molecule has 0 aliphatic carbocycles. The molecule has 0 radical (unpaired) electrons. The molecule has 2 aromatic rings. The number of ether oxygens (including phenoxy) is 1. The van der Waals surface area contributed by atoms with E-state index in [1.54, 1.807) is 0 Å². The summed E-state index contributed by atoms with van der Waals surface area (Å²) in [6.45, 7) is 2.75. The Balaban J connectivity index is 2.29. The number of benzene rings is 2. The summed E-state index contributed by atoms with van der Waals surface area (Å²) in [6.07, 6.45) is 0.289. The van der Waals surface area contributed by atoms with E-state index < -0.39 is 6.10 Å². The molecule has 1 atom stereocenters. The fraction of sp³-hybridized carbons (Fsp3) is 0.250. The molecule has 21 heavy (non-hydrogen) atoms. The van der Waals surface area contributed by atoms with Crippen LogP contribution in [-0.4, -0.2) is 11.7 Å². The normalized spacial score (nSPS) is 12.2. The molecule has 0 saturated carbocycles. The van der Waals surface area contributed by atoms with E-state index in [9.17, 15) is 5.11 Å². The Morgan fingerprint density at radius 2 is 1.90 bits per heavy atom. The highest BCUT2D eigenvalue weighted by atomic mass is 127. The van der Waals surface area contributed by atoms with Crippen LogP contribution in [0.25, 0.3) is 0 Å². The summed E-state index contributed by atoms with van der Waals surface area (Å²) in [5.74, 6) is 0.800. The van der Waals surface area contributed by atoms with Crippen LogP contribution in [0.5, 0.6) is 5.75 Å². The SMILES string of the molecule is CCCOc1ccc(C(O)c2cc(I)ccc2Br)cc1Br. The number of rotatable bonds is 5. The molecule has 5 heteroatoms. The van der Waals surface area contributed by atoms with E-state index in [0.717, 1.165) is 35.8 Å². The lowest BCUT2D eigenvalue weighted by molar-refractivity contribution is 0.219. The quantitative estimate of drug-likeness (QED) is 0.508. The Kier molecular flexibility index (Phi) is 6.52. The maximum absolute atomic E-state index is 10.6. The third-order valence-electron chi connectivity index (χ3n) is 2.99. The van der Waals surface area contributed by atoms with Crippen LogP contribution in [-0.2, 0) is 0 Å². The largest absolute Gasteiger partial charge is 0.492 e. The van der Waals surface area contributed by atoms with E-state index in [0.29, 0.717) is 6.61 Å². The third kappa shape index (κ3) is 4.43. The van der Waals surface area contributed by atoms with E-state index in [1.807, 2.05) is 36.4 Å². The molecular formula is C16H15Br2IO2. The molecule has 0 bridgehead atoms. The molecule has 0 spiro atoms. The zero-order valence-electron chi connectivity index (χ0n) is 11.4. The second-order valence-corrected chi connectivity index (χ2v) is 7.56. The first-order valence-corrected chi connectivity index (χ1v) is 9.24. The van der Waals surface area contributed by atoms with Gasteiger partial charge in [-0.1, -0.05) is 28.9 Å². The summed E-state index contributed by atoms with van der Waals surface area (Å²) in [4.78, 5) is 0. The Morgan fingerprint density at radius 3 is 2.57 bits per heavy atom. The summed E-state index contributed by atoms with van der Waals surface area (Å²) < 4.78 is 8.48. The predicted octanol–water partition coefficient (Wildman–Crippen LogP) is 5.69. The van der Waals surface area contributed by atoms with Gasteiger partial charge < -0.3 is 9.84 Å². The first-order valence-electron chi connectivity index (χ1n) is 6.58. The number of halogens is 3. The molecule has 1 unspecified atom stereocenters. The second kappa shape index (κ2) is 7.94. The van der Waals surface area contributed by atoms with E-state index in [-0.39, 0.29) is 0 Å². The zero-order chi connectivity index (χ0) is 15.4. The molecule has 0 aliphatic rings. The van der Waals surface area contributed by atoms with Crippen molar-refractivity contribution in [2.75, 3.05) is 6.61 Å². The van der Waals surface area contributed by atoms with Gasteiger partial charge in [-0.25, -0.2) is 0 Å².